The number of amides is 2. The van der Waals surface area contributed by atoms with Gasteiger partial charge in [0.25, 0.3) is 0 Å². The first-order valence-corrected chi connectivity index (χ1v) is 5.61. The van der Waals surface area contributed by atoms with Crippen LogP contribution in [0.25, 0.3) is 0 Å². The molecule has 0 aromatic rings. The fourth-order valence-corrected chi connectivity index (χ4v) is 1.84. The summed E-state index contributed by atoms with van der Waals surface area (Å²) in [6, 6.07) is 0. The second-order valence-corrected chi connectivity index (χ2v) is 4.24. The number of piperidine rings is 1. The van der Waals surface area contributed by atoms with Crippen molar-refractivity contribution in [2.45, 2.75) is 18.7 Å². The van der Waals surface area contributed by atoms with Crippen molar-refractivity contribution in [3.05, 3.63) is 0 Å². The third-order valence-corrected chi connectivity index (χ3v) is 2.91. The highest BCUT2D eigenvalue weighted by Crippen LogP contribution is 2.19. The average Bonchev–Trinajstić information content (AvgIpc) is 2.35. The SMILES string of the molecule is COC(=O)N1CCC(O)C(CNC(=O)C(F)(F)F)C1. The molecule has 0 spiro atoms. The number of alkyl halides is 3. The Morgan fingerprint density at radius 3 is 2.63 bits per heavy atom. The lowest BCUT2D eigenvalue weighted by Crippen LogP contribution is -2.51. The Hall–Kier alpha value is -1.51. The summed E-state index contributed by atoms with van der Waals surface area (Å²) < 4.78 is 40.5. The third-order valence-electron chi connectivity index (χ3n) is 2.91. The van der Waals surface area contributed by atoms with Crippen LogP contribution < -0.4 is 5.32 Å². The first-order chi connectivity index (χ1) is 8.75. The Balaban J connectivity index is 2.51. The average molecular weight is 284 g/mol. The van der Waals surface area contributed by atoms with E-state index in [2.05, 4.69) is 4.74 Å². The highest BCUT2D eigenvalue weighted by molar-refractivity contribution is 5.81. The van der Waals surface area contributed by atoms with E-state index in [1.807, 2.05) is 0 Å². The normalized spacial score (nSPS) is 23.9. The highest BCUT2D eigenvalue weighted by Gasteiger charge is 2.39. The fraction of sp³-hybridized carbons (Fsp3) is 0.800. The van der Waals surface area contributed by atoms with Crippen LogP contribution in [0.15, 0.2) is 0 Å². The van der Waals surface area contributed by atoms with Crippen molar-refractivity contribution in [1.82, 2.24) is 10.2 Å². The number of hydrogen-bond acceptors (Lipinski definition) is 4. The van der Waals surface area contributed by atoms with Gasteiger partial charge in [0.2, 0.25) is 0 Å². The number of nitrogens with zero attached hydrogens (tertiary/aromatic N) is 1. The third kappa shape index (κ3) is 4.27. The van der Waals surface area contributed by atoms with E-state index in [-0.39, 0.29) is 26.1 Å². The van der Waals surface area contributed by atoms with Gasteiger partial charge in [-0.3, -0.25) is 4.79 Å². The molecular formula is C10H15F3N2O4. The zero-order valence-electron chi connectivity index (χ0n) is 10.2. The number of halogens is 3. The van der Waals surface area contributed by atoms with Crippen molar-refractivity contribution in [3.63, 3.8) is 0 Å². The quantitative estimate of drug-likeness (QED) is 0.754. The van der Waals surface area contributed by atoms with Gasteiger partial charge in [-0.15, -0.1) is 0 Å². The summed E-state index contributed by atoms with van der Waals surface area (Å²) in [7, 11) is 1.19. The van der Waals surface area contributed by atoms with Gasteiger partial charge in [0.05, 0.1) is 13.2 Å². The molecule has 0 aromatic carbocycles. The standard InChI is InChI=1S/C10H15F3N2O4/c1-19-9(18)15-3-2-7(16)6(5-15)4-14-8(17)10(11,12)13/h6-7,16H,2-5H2,1H3,(H,14,17). The minimum atomic E-state index is -4.96. The number of ether oxygens (including phenoxy) is 1. The van der Waals surface area contributed by atoms with Crippen LogP contribution in [0.2, 0.25) is 0 Å². The Morgan fingerprint density at radius 2 is 2.11 bits per heavy atom. The summed E-state index contributed by atoms with van der Waals surface area (Å²) in [5.74, 6) is -2.71. The molecule has 2 unspecified atom stereocenters. The van der Waals surface area contributed by atoms with E-state index in [1.165, 1.54) is 12.0 Å². The number of methoxy groups -OCH3 is 1. The van der Waals surface area contributed by atoms with Gasteiger partial charge in [-0.25, -0.2) is 4.79 Å². The Bertz CT molecular complexity index is 348. The van der Waals surface area contributed by atoms with Crippen LogP contribution in [0.5, 0.6) is 0 Å². The van der Waals surface area contributed by atoms with Gasteiger partial charge >= 0.3 is 18.2 Å². The van der Waals surface area contributed by atoms with Gasteiger partial charge in [-0.1, -0.05) is 0 Å². The van der Waals surface area contributed by atoms with E-state index in [4.69, 9.17) is 0 Å². The van der Waals surface area contributed by atoms with Crippen molar-refractivity contribution in [1.29, 1.82) is 0 Å². The van der Waals surface area contributed by atoms with E-state index in [0.29, 0.717) is 0 Å². The molecule has 0 aliphatic carbocycles. The van der Waals surface area contributed by atoms with E-state index >= 15 is 0 Å². The first kappa shape index (κ1) is 15.5. The lowest BCUT2D eigenvalue weighted by molar-refractivity contribution is -0.174. The number of hydrogen-bond donors (Lipinski definition) is 2. The van der Waals surface area contributed by atoms with Gasteiger partial charge in [0.1, 0.15) is 0 Å². The molecule has 19 heavy (non-hydrogen) atoms. The summed E-state index contributed by atoms with van der Waals surface area (Å²) >= 11 is 0. The molecular weight excluding hydrogens is 269 g/mol. The molecule has 1 rings (SSSR count). The van der Waals surface area contributed by atoms with Crippen molar-refractivity contribution in [2.24, 2.45) is 5.92 Å². The van der Waals surface area contributed by atoms with Crippen molar-refractivity contribution in [3.8, 4) is 0 Å². The molecule has 110 valence electrons. The molecule has 0 aromatic heterocycles. The molecule has 9 heteroatoms. The van der Waals surface area contributed by atoms with Crippen LogP contribution in [-0.2, 0) is 9.53 Å². The van der Waals surface area contributed by atoms with Crippen molar-refractivity contribution < 1.29 is 32.6 Å². The van der Waals surface area contributed by atoms with Crippen LogP contribution in [0.4, 0.5) is 18.0 Å². The molecule has 1 saturated heterocycles. The minimum Gasteiger partial charge on any atom is -0.453 e. The monoisotopic (exact) mass is 284 g/mol. The number of likely N-dealkylation sites (tertiary alicyclic amines) is 1. The maximum Gasteiger partial charge on any atom is 0.471 e. The highest BCUT2D eigenvalue weighted by atomic mass is 19.4. The Kier molecular flexibility index (Phi) is 4.98. The number of nitrogens with one attached hydrogen (secondary N) is 1. The van der Waals surface area contributed by atoms with Gasteiger partial charge < -0.3 is 20.1 Å². The molecule has 1 heterocycles. The molecule has 0 bridgehead atoms. The lowest BCUT2D eigenvalue weighted by atomic mass is 9.95. The van der Waals surface area contributed by atoms with Gasteiger partial charge in [-0.05, 0) is 6.42 Å². The van der Waals surface area contributed by atoms with Gasteiger partial charge in [0.15, 0.2) is 0 Å². The smallest absolute Gasteiger partial charge is 0.453 e. The van der Waals surface area contributed by atoms with Gasteiger partial charge in [0, 0.05) is 25.6 Å². The molecule has 1 aliphatic rings. The first-order valence-electron chi connectivity index (χ1n) is 5.61. The van der Waals surface area contributed by atoms with Crippen LogP contribution in [0.3, 0.4) is 0 Å². The Morgan fingerprint density at radius 1 is 1.47 bits per heavy atom. The number of carbonyl (C=O) groups excluding carboxylic acids is 2. The van der Waals surface area contributed by atoms with Gasteiger partial charge in [-0.2, -0.15) is 13.2 Å². The summed E-state index contributed by atoms with van der Waals surface area (Å²) in [5.41, 5.74) is 0. The zero-order chi connectivity index (χ0) is 14.6. The van der Waals surface area contributed by atoms with Crippen molar-refractivity contribution >= 4 is 12.0 Å². The number of carbonyl (C=O) groups is 2. The predicted molar refractivity (Wildman–Crippen MR) is 57.2 cm³/mol. The molecule has 1 fully saturated rings. The van der Waals surface area contributed by atoms with Crippen LogP contribution in [0, 0.1) is 5.92 Å². The molecule has 6 nitrogen and oxygen atoms in total. The lowest BCUT2D eigenvalue weighted by Gasteiger charge is -2.35. The van der Waals surface area contributed by atoms with E-state index < -0.39 is 30.2 Å². The van der Waals surface area contributed by atoms with E-state index in [0.717, 1.165) is 0 Å². The molecule has 2 N–H and O–H groups in total. The number of aliphatic hydroxyl groups excluding tert-OH is 1. The molecule has 0 saturated carbocycles. The Labute approximate surface area is 107 Å². The summed E-state index contributed by atoms with van der Waals surface area (Å²) in [6.45, 7) is -0.0590. The second kappa shape index (κ2) is 6.09. The minimum absolute atomic E-state index is 0.0337. The number of rotatable bonds is 2. The van der Waals surface area contributed by atoms with Crippen LogP contribution >= 0.6 is 0 Å². The largest absolute Gasteiger partial charge is 0.471 e. The predicted octanol–water partition coefficient (Wildman–Crippen LogP) is 0.114. The molecule has 1 aliphatic heterocycles. The second-order valence-electron chi connectivity index (χ2n) is 4.24. The summed E-state index contributed by atoms with van der Waals surface area (Å²) in [5, 5.41) is 11.3. The maximum atomic E-state index is 12.0. The topological polar surface area (TPSA) is 78.9 Å². The zero-order valence-corrected chi connectivity index (χ0v) is 10.2. The van der Waals surface area contributed by atoms with Crippen LogP contribution in [0.1, 0.15) is 6.42 Å². The maximum absolute atomic E-state index is 12.0. The molecule has 2 atom stereocenters. The number of aliphatic hydroxyl groups is 1. The van der Waals surface area contributed by atoms with E-state index in [1.54, 1.807) is 5.32 Å². The summed E-state index contributed by atoms with van der Waals surface area (Å²) in [4.78, 5) is 23.2. The fourth-order valence-electron chi connectivity index (χ4n) is 1.84. The molecule has 0 radical (unpaired) electrons. The van der Waals surface area contributed by atoms with Crippen LogP contribution in [-0.4, -0.2) is 61.0 Å². The van der Waals surface area contributed by atoms with Crippen molar-refractivity contribution in [2.75, 3.05) is 26.7 Å². The molecule has 2 amide bonds. The summed E-state index contributed by atoms with van der Waals surface area (Å²) in [6.07, 6.45) is -6.21. The van der Waals surface area contributed by atoms with E-state index in [9.17, 15) is 27.9 Å².